The number of nitrogens with one attached hydrogen (secondary N) is 2. The van der Waals surface area contributed by atoms with E-state index in [0.717, 1.165) is 27.5 Å². The lowest BCUT2D eigenvalue weighted by atomic mass is 10.1. The van der Waals surface area contributed by atoms with Gasteiger partial charge in [-0.3, -0.25) is 4.79 Å². The SMILES string of the molecule is COc1ccc(Cl)cc1C[NH+](C)CC(=O)Nc1ccc(C)c(C)c1. The van der Waals surface area contributed by atoms with Crippen molar-refractivity contribution >= 4 is 23.2 Å². The van der Waals surface area contributed by atoms with Crippen molar-refractivity contribution in [3.63, 3.8) is 0 Å². The number of carbonyl (C=O) groups is 1. The molecule has 1 amide bonds. The Labute approximate surface area is 148 Å². The third-order valence-electron chi connectivity index (χ3n) is 3.99. The number of likely N-dealkylation sites (N-methyl/N-ethyl adjacent to an activating group) is 1. The molecule has 128 valence electrons. The fraction of sp³-hybridized carbons (Fsp3) is 0.316. The molecule has 4 nitrogen and oxygen atoms in total. The molecule has 0 aliphatic rings. The van der Waals surface area contributed by atoms with Crippen LogP contribution >= 0.6 is 11.6 Å². The van der Waals surface area contributed by atoms with E-state index in [1.165, 1.54) is 5.56 Å². The van der Waals surface area contributed by atoms with Crippen LogP contribution in [0.1, 0.15) is 16.7 Å². The monoisotopic (exact) mass is 347 g/mol. The molecular weight excluding hydrogens is 324 g/mol. The molecule has 2 aromatic carbocycles. The number of hydrogen-bond donors (Lipinski definition) is 2. The van der Waals surface area contributed by atoms with E-state index in [0.29, 0.717) is 18.1 Å². The van der Waals surface area contributed by atoms with Gasteiger partial charge in [-0.15, -0.1) is 0 Å². The summed E-state index contributed by atoms with van der Waals surface area (Å²) >= 11 is 6.05. The summed E-state index contributed by atoms with van der Waals surface area (Å²) in [4.78, 5) is 13.3. The first-order chi connectivity index (χ1) is 11.4. The number of anilines is 1. The van der Waals surface area contributed by atoms with Crippen LogP contribution in [-0.2, 0) is 11.3 Å². The molecule has 24 heavy (non-hydrogen) atoms. The summed E-state index contributed by atoms with van der Waals surface area (Å²) in [6, 6.07) is 11.5. The van der Waals surface area contributed by atoms with E-state index in [1.54, 1.807) is 13.2 Å². The van der Waals surface area contributed by atoms with Crippen LogP contribution in [0.5, 0.6) is 5.75 Å². The molecule has 0 aliphatic heterocycles. The molecule has 0 radical (unpaired) electrons. The number of ether oxygens (including phenoxy) is 1. The summed E-state index contributed by atoms with van der Waals surface area (Å²) in [5, 5.41) is 3.61. The van der Waals surface area contributed by atoms with Gasteiger partial charge in [0.05, 0.1) is 14.2 Å². The second-order valence-electron chi connectivity index (χ2n) is 6.11. The van der Waals surface area contributed by atoms with Crippen LogP contribution in [0.25, 0.3) is 0 Å². The molecule has 0 aromatic heterocycles. The molecule has 1 atom stereocenters. The molecule has 0 bridgehead atoms. The first-order valence-electron chi connectivity index (χ1n) is 7.90. The lowest BCUT2D eigenvalue weighted by molar-refractivity contribution is -0.885. The summed E-state index contributed by atoms with van der Waals surface area (Å²) in [6.07, 6.45) is 0. The number of hydrogen-bond acceptors (Lipinski definition) is 2. The zero-order valence-corrected chi connectivity index (χ0v) is 15.3. The van der Waals surface area contributed by atoms with E-state index >= 15 is 0 Å². The fourth-order valence-corrected chi connectivity index (χ4v) is 2.77. The lowest BCUT2D eigenvalue weighted by Gasteiger charge is -2.16. The fourth-order valence-electron chi connectivity index (χ4n) is 2.57. The normalized spacial score (nSPS) is 11.9. The van der Waals surface area contributed by atoms with Gasteiger partial charge in [0.15, 0.2) is 6.54 Å². The molecule has 0 saturated carbocycles. The van der Waals surface area contributed by atoms with E-state index in [2.05, 4.69) is 12.2 Å². The molecule has 2 rings (SSSR count). The standard InChI is InChI=1S/C19H23ClN2O2/c1-13-5-7-17(9-14(13)2)21-19(23)12-22(3)11-15-10-16(20)6-8-18(15)24-4/h5-10H,11-12H2,1-4H3,(H,21,23)/p+1. The van der Waals surface area contributed by atoms with Gasteiger partial charge in [0.2, 0.25) is 0 Å². The van der Waals surface area contributed by atoms with Crippen LogP contribution in [-0.4, -0.2) is 26.6 Å². The average Bonchev–Trinajstić information content (AvgIpc) is 2.51. The number of quaternary nitrogens is 1. The van der Waals surface area contributed by atoms with Gasteiger partial charge in [-0.25, -0.2) is 0 Å². The first kappa shape index (κ1) is 18.3. The van der Waals surface area contributed by atoms with Crippen LogP contribution in [0.4, 0.5) is 5.69 Å². The Bertz CT molecular complexity index is 731. The molecule has 0 heterocycles. The summed E-state index contributed by atoms with van der Waals surface area (Å²) < 4.78 is 5.35. The third-order valence-corrected chi connectivity index (χ3v) is 4.22. The maximum Gasteiger partial charge on any atom is 0.279 e. The lowest BCUT2D eigenvalue weighted by Crippen LogP contribution is -3.08. The average molecular weight is 348 g/mol. The van der Waals surface area contributed by atoms with Gasteiger partial charge in [-0.05, 0) is 55.3 Å². The van der Waals surface area contributed by atoms with Gasteiger partial charge in [0.1, 0.15) is 12.3 Å². The Hall–Kier alpha value is -2.04. The highest BCUT2D eigenvalue weighted by Crippen LogP contribution is 2.21. The maximum absolute atomic E-state index is 12.2. The van der Waals surface area contributed by atoms with Crippen molar-refractivity contribution < 1.29 is 14.4 Å². The van der Waals surface area contributed by atoms with E-state index in [4.69, 9.17) is 16.3 Å². The van der Waals surface area contributed by atoms with Crippen molar-refractivity contribution in [1.29, 1.82) is 0 Å². The molecule has 0 saturated heterocycles. The summed E-state index contributed by atoms with van der Waals surface area (Å²) in [5.74, 6) is 0.769. The number of benzene rings is 2. The zero-order valence-electron chi connectivity index (χ0n) is 14.6. The number of rotatable bonds is 6. The van der Waals surface area contributed by atoms with Gasteiger partial charge >= 0.3 is 0 Å². The topological polar surface area (TPSA) is 42.8 Å². The summed E-state index contributed by atoms with van der Waals surface area (Å²) in [5.41, 5.74) is 4.19. The second-order valence-corrected chi connectivity index (χ2v) is 6.55. The number of carbonyl (C=O) groups excluding carboxylic acids is 1. The molecule has 5 heteroatoms. The van der Waals surface area contributed by atoms with E-state index in [9.17, 15) is 4.79 Å². The molecule has 0 aliphatic carbocycles. The Morgan fingerprint density at radius 3 is 2.58 bits per heavy atom. The number of amides is 1. The highest BCUT2D eigenvalue weighted by molar-refractivity contribution is 6.30. The van der Waals surface area contributed by atoms with E-state index in [-0.39, 0.29) is 5.91 Å². The number of halogens is 1. The van der Waals surface area contributed by atoms with Crippen LogP contribution in [0.15, 0.2) is 36.4 Å². The van der Waals surface area contributed by atoms with Crippen molar-refractivity contribution in [2.75, 3.05) is 26.0 Å². The zero-order chi connectivity index (χ0) is 17.7. The van der Waals surface area contributed by atoms with Crippen molar-refractivity contribution in [1.82, 2.24) is 0 Å². The van der Waals surface area contributed by atoms with Gasteiger partial charge in [0.25, 0.3) is 5.91 Å². The molecule has 0 spiro atoms. The number of aryl methyl sites for hydroxylation is 2. The minimum Gasteiger partial charge on any atom is -0.496 e. The first-order valence-corrected chi connectivity index (χ1v) is 8.27. The molecular formula is C19H24ClN2O2+. The Balaban J connectivity index is 1.96. The van der Waals surface area contributed by atoms with Gasteiger partial charge < -0.3 is 15.0 Å². The highest BCUT2D eigenvalue weighted by Gasteiger charge is 2.14. The van der Waals surface area contributed by atoms with E-state index in [1.807, 2.05) is 44.3 Å². The molecule has 2 N–H and O–H groups in total. The smallest absolute Gasteiger partial charge is 0.279 e. The predicted octanol–water partition coefficient (Wildman–Crippen LogP) is 2.62. The number of methoxy groups -OCH3 is 1. The van der Waals surface area contributed by atoms with Crippen LogP contribution in [0, 0.1) is 13.8 Å². The Morgan fingerprint density at radius 1 is 1.17 bits per heavy atom. The van der Waals surface area contributed by atoms with Crippen molar-refractivity contribution in [3.05, 3.63) is 58.1 Å². The van der Waals surface area contributed by atoms with Crippen LogP contribution < -0.4 is 15.0 Å². The Morgan fingerprint density at radius 2 is 1.92 bits per heavy atom. The molecule has 0 fully saturated rings. The minimum absolute atomic E-state index is 0.0169. The van der Waals surface area contributed by atoms with Crippen molar-refractivity contribution in [2.24, 2.45) is 0 Å². The van der Waals surface area contributed by atoms with Crippen molar-refractivity contribution in [3.8, 4) is 5.75 Å². The largest absolute Gasteiger partial charge is 0.496 e. The molecule has 2 aromatic rings. The molecule has 1 unspecified atom stereocenters. The third kappa shape index (κ3) is 4.98. The highest BCUT2D eigenvalue weighted by atomic mass is 35.5. The second kappa shape index (κ2) is 8.18. The quantitative estimate of drug-likeness (QED) is 0.843. The van der Waals surface area contributed by atoms with E-state index < -0.39 is 0 Å². The van der Waals surface area contributed by atoms with Crippen molar-refractivity contribution in [2.45, 2.75) is 20.4 Å². The Kier molecular flexibility index (Phi) is 6.23. The van der Waals surface area contributed by atoms with Crippen LogP contribution in [0.2, 0.25) is 5.02 Å². The summed E-state index contributed by atoms with van der Waals surface area (Å²) in [6.45, 7) is 5.11. The van der Waals surface area contributed by atoms with Gasteiger partial charge in [-0.2, -0.15) is 0 Å². The summed E-state index contributed by atoms with van der Waals surface area (Å²) in [7, 11) is 3.61. The maximum atomic E-state index is 12.2. The van der Waals surface area contributed by atoms with Gasteiger partial charge in [-0.1, -0.05) is 17.7 Å². The van der Waals surface area contributed by atoms with Crippen LogP contribution in [0.3, 0.4) is 0 Å². The minimum atomic E-state index is -0.0169. The predicted molar refractivity (Wildman–Crippen MR) is 98.0 cm³/mol. The van der Waals surface area contributed by atoms with Gasteiger partial charge in [0, 0.05) is 16.3 Å².